The van der Waals surface area contributed by atoms with Crippen LogP contribution in [-0.4, -0.2) is 51.8 Å². The van der Waals surface area contributed by atoms with Gasteiger partial charge in [-0.1, -0.05) is 26.0 Å². The van der Waals surface area contributed by atoms with E-state index in [1.807, 2.05) is 38.1 Å². The van der Waals surface area contributed by atoms with Crippen LogP contribution >= 0.6 is 0 Å². The van der Waals surface area contributed by atoms with Gasteiger partial charge in [0, 0.05) is 30.0 Å². The number of Topliss-reactive ketones (excluding diaryl/α,β-unsaturated/α-hetero) is 1. The lowest BCUT2D eigenvalue weighted by molar-refractivity contribution is -0.151. The topological polar surface area (TPSA) is 100 Å². The quantitative estimate of drug-likeness (QED) is 0.333. The summed E-state index contributed by atoms with van der Waals surface area (Å²) in [5.41, 5.74) is 2.82. The number of allylic oxidation sites excluding steroid dienone is 3. The Bertz CT molecular complexity index is 993. The number of esters is 2. The number of ketones is 1. The first-order valence-corrected chi connectivity index (χ1v) is 11.6. The highest BCUT2D eigenvalue weighted by Gasteiger charge is 2.47. The van der Waals surface area contributed by atoms with Crippen LogP contribution in [0.4, 0.5) is 0 Å². The average Bonchev–Trinajstić information content (AvgIpc) is 2.82. The van der Waals surface area contributed by atoms with E-state index in [0.717, 1.165) is 17.7 Å². The molecule has 0 saturated carbocycles. The van der Waals surface area contributed by atoms with Crippen molar-refractivity contribution in [2.45, 2.75) is 39.5 Å². The van der Waals surface area contributed by atoms with Gasteiger partial charge in [-0.15, -0.1) is 0 Å². The fraction of sp³-hybridized carbons (Fsp3) is 0.500. The zero-order valence-electron chi connectivity index (χ0n) is 20.4. The van der Waals surface area contributed by atoms with Gasteiger partial charge in [-0.2, -0.15) is 0 Å². The standard InChI is InChI=1S/C26H33NO7/c1-6-11-33-18-9-7-17(8-10-18)22-21(26(30)34-13-12-31-4)16(3)27-19-14-15(2)20(25(29)32-5)24(28)23(19)22/h7-10,15,20,22,27H,6,11-14H2,1-5H3/t15-,20-,22-/m0/s1. The predicted molar refractivity (Wildman–Crippen MR) is 125 cm³/mol. The van der Waals surface area contributed by atoms with Crippen molar-refractivity contribution < 1.29 is 33.3 Å². The molecule has 34 heavy (non-hydrogen) atoms. The lowest BCUT2D eigenvalue weighted by Gasteiger charge is -2.38. The van der Waals surface area contributed by atoms with E-state index in [4.69, 9.17) is 18.9 Å². The second-order valence-corrected chi connectivity index (χ2v) is 8.58. The van der Waals surface area contributed by atoms with E-state index in [-0.39, 0.29) is 24.9 Å². The Balaban J connectivity index is 2.07. The smallest absolute Gasteiger partial charge is 0.336 e. The SMILES string of the molecule is CCCOc1ccc([C@H]2C(C(=O)OCCOC)=C(C)NC3=C2C(=O)[C@@H](C(=O)OC)[C@@H](C)C3)cc1. The van der Waals surface area contributed by atoms with Gasteiger partial charge in [-0.05, 0) is 43.4 Å². The molecule has 2 aliphatic rings. The van der Waals surface area contributed by atoms with Gasteiger partial charge in [0.15, 0.2) is 5.78 Å². The normalized spacial score (nSPS) is 22.1. The maximum Gasteiger partial charge on any atom is 0.336 e. The Morgan fingerprint density at radius 2 is 1.79 bits per heavy atom. The summed E-state index contributed by atoms with van der Waals surface area (Å²) in [4.78, 5) is 39.3. The van der Waals surface area contributed by atoms with Crippen molar-refractivity contribution >= 4 is 17.7 Å². The van der Waals surface area contributed by atoms with Crippen LogP contribution in [0.3, 0.4) is 0 Å². The second kappa shape index (κ2) is 11.3. The summed E-state index contributed by atoms with van der Waals surface area (Å²) in [6, 6.07) is 7.34. The van der Waals surface area contributed by atoms with Crippen molar-refractivity contribution in [2.75, 3.05) is 34.0 Å². The minimum absolute atomic E-state index is 0.0876. The Morgan fingerprint density at radius 1 is 1.09 bits per heavy atom. The second-order valence-electron chi connectivity index (χ2n) is 8.58. The maximum absolute atomic E-state index is 13.7. The fourth-order valence-corrected chi connectivity index (χ4v) is 4.56. The molecule has 3 atom stereocenters. The molecule has 1 heterocycles. The van der Waals surface area contributed by atoms with Crippen LogP contribution in [0.1, 0.15) is 45.1 Å². The zero-order chi connectivity index (χ0) is 24.8. The van der Waals surface area contributed by atoms with E-state index in [0.29, 0.717) is 35.6 Å². The summed E-state index contributed by atoms with van der Waals surface area (Å²) in [5.74, 6) is -2.58. The van der Waals surface area contributed by atoms with Gasteiger partial charge < -0.3 is 24.3 Å². The van der Waals surface area contributed by atoms with Gasteiger partial charge in [0.2, 0.25) is 0 Å². The summed E-state index contributed by atoms with van der Waals surface area (Å²) in [6.07, 6.45) is 1.37. The van der Waals surface area contributed by atoms with Gasteiger partial charge in [0.25, 0.3) is 0 Å². The number of methoxy groups -OCH3 is 2. The molecule has 0 spiro atoms. The maximum atomic E-state index is 13.7. The highest BCUT2D eigenvalue weighted by Crippen LogP contribution is 2.45. The summed E-state index contributed by atoms with van der Waals surface area (Å²) in [6.45, 7) is 6.62. The third-order valence-electron chi connectivity index (χ3n) is 6.17. The highest BCUT2D eigenvalue weighted by atomic mass is 16.6. The third kappa shape index (κ3) is 5.17. The first kappa shape index (κ1) is 25.5. The third-order valence-corrected chi connectivity index (χ3v) is 6.17. The van der Waals surface area contributed by atoms with Crippen LogP contribution < -0.4 is 10.1 Å². The van der Waals surface area contributed by atoms with Crippen molar-refractivity contribution in [1.29, 1.82) is 0 Å². The van der Waals surface area contributed by atoms with Gasteiger partial charge in [0.1, 0.15) is 18.3 Å². The number of ether oxygens (including phenoxy) is 4. The minimum atomic E-state index is -0.927. The van der Waals surface area contributed by atoms with Crippen molar-refractivity contribution in [2.24, 2.45) is 11.8 Å². The van der Waals surface area contributed by atoms with Crippen LogP contribution in [0.5, 0.6) is 5.75 Å². The number of hydrogen-bond acceptors (Lipinski definition) is 8. The zero-order valence-corrected chi connectivity index (χ0v) is 20.4. The molecule has 1 aromatic carbocycles. The van der Waals surface area contributed by atoms with E-state index in [1.54, 1.807) is 6.92 Å². The van der Waals surface area contributed by atoms with Crippen molar-refractivity contribution in [3.8, 4) is 5.75 Å². The molecule has 3 rings (SSSR count). The van der Waals surface area contributed by atoms with E-state index in [2.05, 4.69) is 5.32 Å². The molecular formula is C26H33NO7. The van der Waals surface area contributed by atoms with Crippen LogP contribution in [0, 0.1) is 11.8 Å². The van der Waals surface area contributed by atoms with Crippen LogP contribution in [0.2, 0.25) is 0 Å². The molecule has 0 saturated heterocycles. The van der Waals surface area contributed by atoms with E-state index in [9.17, 15) is 14.4 Å². The first-order valence-electron chi connectivity index (χ1n) is 11.6. The molecule has 0 amide bonds. The molecule has 1 aromatic rings. The Labute approximate surface area is 200 Å². The molecule has 0 radical (unpaired) electrons. The lowest BCUT2D eigenvalue weighted by Crippen LogP contribution is -2.43. The number of hydrogen-bond donors (Lipinski definition) is 1. The molecule has 1 aliphatic carbocycles. The Morgan fingerprint density at radius 3 is 2.41 bits per heavy atom. The molecule has 0 unspecified atom stereocenters. The number of nitrogens with one attached hydrogen (secondary N) is 1. The molecule has 1 aliphatic heterocycles. The number of dihydropyridines is 1. The van der Waals surface area contributed by atoms with Crippen LogP contribution in [-0.2, 0) is 28.6 Å². The molecule has 8 nitrogen and oxygen atoms in total. The number of rotatable bonds is 9. The van der Waals surface area contributed by atoms with Gasteiger partial charge in [-0.25, -0.2) is 4.79 Å². The summed E-state index contributed by atoms with van der Waals surface area (Å²) in [5, 5.41) is 3.25. The molecular weight excluding hydrogens is 438 g/mol. The van der Waals surface area contributed by atoms with Gasteiger partial charge in [-0.3, -0.25) is 9.59 Å². The predicted octanol–water partition coefficient (Wildman–Crippen LogP) is 3.28. The van der Waals surface area contributed by atoms with E-state index in [1.165, 1.54) is 14.2 Å². The lowest BCUT2D eigenvalue weighted by atomic mass is 9.69. The molecule has 184 valence electrons. The summed E-state index contributed by atoms with van der Waals surface area (Å²) >= 11 is 0. The van der Waals surface area contributed by atoms with Crippen LogP contribution in [0.25, 0.3) is 0 Å². The largest absolute Gasteiger partial charge is 0.494 e. The molecule has 0 fully saturated rings. The fourth-order valence-electron chi connectivity index (χ4n) is 4.56. The molecule has 0 aromatic heterocycles. The molecule has 0 bridgehead atoms. The van der Waals surface area contributed by atoms with Crippen molar-refractivity contribution in [3.63, 3.8) is 0 Å². The average molecular weight is 472 g/mol. The minimum Gasteiger partial charge on any atom is -0.494 e. The van der Waals surface area contributed by atoms with Gasteiger partial charge >= 0.3 is 11.9 Å². The summed E-state index contributed by atoms with van der Waals surface area (Å²) < 4.78 is 21.1. The van der Waals surface area contributed by atoms with E-state index < -0.39 is 23.8 Å². The first-order chi connectivity index (χ1) is 16.3. The number of carbonyl (C=O) groups is 3. The summed E-state index contributed by atoms with van der Waals surface area (Å²) in [7, 11) is 2.80. The monoisotopic (exact) mass is 471 g/mol. The Hall–Kier alpha value is -3.13. The van der Waals surface area contributed by atoms with Crippen LogP contribution in [0.15, 0.2) is 46.8 Å². The van der Waals surface area contributed by atoms with Gasteiger partial charge in [0.05, 0.1) is 25.9 Å². The highest BCUT2D eigenvalue weighted by molar-refractivity contribution is 6.12. The van der Waals surface area contributed by atoms with Crippen molar-refractivity contribution in [3.05, 3.63) is 52.4 Å². The Kier molecular flexibility index (Phi) is 8.50. The number of carbonyl (C=O) groups excluding carboxylic acids is 3. The van der Waals surface area contributed by atoms with Crippen molar-refractivity contribution in [1.82, 2.24) is 5.32 Å². The molecule has 1 N–H and O–H groups in total. The molecule has 8 heteroatoms. The van der Waals surface area contributed by atoms with E-state index >= 15 is 0 Å². The number of benzene rings is 1.